The van der Waals surface area contributed by atoms with Gasteiger partial charge in [-0.15, -0.1) is 0 Å². The molecule has 124 valence electrons. The topological polar surface area (TPSA) is 75.0 Å². The van der Waals surface area contributed by atoms with Crippen molar-refractivity contribution in [1.29, 1.82) is 5.26 Å². The number of amides is 1. The van der Waals surface area contributed by atoms with Crippen LogP contribution >= 0.6 is 0 Å². The van der Waals surface area contributed by atoms with Crippen molar-refractivity contribution >= 4 is 11.9 Å². The van der Waals surface area contributed by atoms with Gasteiger partial charge >= 0.3 is 6.09 Å². The summed E-state index contributed by atoms with van der Waals surface area (Å²) in [5.74, 6) is 0.503. The number of anilines is 1. The number of nitrogens with one attached hydrogen (secondary N) is 1. The number of aryl methyl sites for hydroxylation is 2. The number of aromatic nitrogens is 1. The van der Waals surface area contributed by atoms with Crippen LogP contribution in [-0.2, 0) is 17.6 Å². The van der Waals surface area contributed by atoms with Crippen molar-refractivity contribution in [2.75, 3.05) is 5.32 Å². The van der Waals surface area contributed by atoms with Crippen LogP contribution in [-0.4, -0.2) is 16.7 Å². The maximum Gasteiger partial charge on any atom is 0.413 e. The van der Waals surface area contributed by atoms with Crippen LogP contribution < -0.4 is 5.32 Å². The molecular weight excluding hydrogens is 302 g/mol. The molecular formula is C19H21N3O2. The SMILES string of the molecule is CC(C)(C)OC(=O)Nc1ncccc1CCc1cccc(C#N)c1. The number of carbonyl (C=O) groups excluding carboxylic acids is 1. The Balaban J connectivity index is 2.06. The summed E-state index contributed by atoms with van der Waals surface area (Å²) in [6.07, 6.45) is 2.57. The molecule has 0 bridgehead atoms. The van der Waals surface area contributed by atoms with Gasteiger partial charge in [-0.25, -0.2) is 9.78 Å². The van der Waals surface area contributed by atoms with Gasteiger partial charge in [0.05, 0.1) is 11.6 Å². The zero-order valence-corrected chi connectivity index (χ0v) is 14.2. The van der Waals surface area contributed by atoms with Gasteiger partial charge in [0, 0.05) is 6.20 Å². The van der Waals surface area contributed by atoms with Crippen molar-refractivity contribution in [2.24, 2.45) is 0 Å². The summed E-state index contributed by atoms with van der Waals surface area (Å²) < 4.78 is 5.26. The van der Waals surface area contributed by atoms with Crippen LogP contribution in [0.5, 0.6) is 0 Å². The summed E-state index contributed by atoms with van der Waals surface area (Å²) >= 11 is 0. The van der Waals surface area contributed by atoms with Gasteiger partial charge in [-0.05, 0) is 62.9 Å². The van der Waals surface area contributed by atoms with Gasteiger partial charge in [-0.1, -0.05) is 18.2 Å². The molecule has 0 unspecified atom stereocenters. The van der Waals surface area contributed by atoms with Gasteiger partial charge < -0.3 is 4.74 Å². The fourth-order valence-electron chi connectivity index (χ4n) is 2.23. The molecule has 0 radical (unpaired) electrons. The van der Waals surface area contributed by atoms with E-state index in [0.717, 1.165) is 17.5 Å². The van der Waals surface area contributed by atoms with Crippen LogP contribution in [0.1, 0.15) is 37.5 Å². The second kappa shape index (κ2) is 7.60. The lowest BCUT2D eigenvalue weighted by Gasteiger charge is -2.20. The second-order valence-corrected chi connectivity index (χ2v) is 6.45. The Morgan fingerprint density at radius 2 is 2.04 bits per heavy atom. The van der Waals surface area contributed by atoms with E-state index in [1.54, 1.807) is 12.3 Å². The molecule has 0 aliphatic rings. The Hall–Kier alpha value is -2.87. The number of carbonyl (C=O) groups is 1. The van der Waals surface area contributed by atoms with E-state index < -0.39 is 11.7 Å². The Labute approximate surface area is 142 Å². The number of nitriles is 1. The normalized spacial score (nSPS) is 10.8. The highest BCUT2D eigenvalue weighted by atomic mass is 16.6. The zero-order chi connectivity index (χ0) is 17.6. The Morgan fingerprint density at radius 1 is 1.25 bits per heavy atom. The quantitative estimate of drug-likeness (QED) is 0.919. The summed E-state index contributed by atoms with van der Waals surface area (Å²) in [7, 11) is 0. The van der Waals surface area contributed by atoms with Crippen molar-refractivity contribution in [2.45, 2.75) is 39.2 Å². The molecule has 1 heterocycles. The molecule has 0 atom stereocenters. The molecule has 0 saturated carbocycles. The Bertz CT molecular complexity index is 758. The highest BCUT2D eigenvalue weighted by Crippen LogP contribution is 2.17. The molecule has 1 N–H and O–H groups in total. The largest absolute Gasteiger partial charge is 0.444 e. The first-order chi connectivity index (χ1) is 11.4. The van der Waals surface area contributed by atoms with Gasteiger partial charge in [-0.2, -0.15) is 5.26 Å². The summed E-state index contributed by atoms with van der Waals surface area (Å²) in [6.45, 7) is 5.44. The molecule has 1 amide bonds. The average molecular weight is 323 g/mol. The first kappa shape index (κ1) is 17.5. The van der Waals surface area contributed by atoms with E-state index in [2.05, 4.69) is 16.4 Å². The predicted molar refractivity (Wildman–Crippen MR) is 92.7 cm³/mol. The molecule has 1 aromatic carbocycles. The number of hydrogen-bond acceptors (Lipinski definition) is 4. The summed E-state index contributed by atoms with van der Waals surface area (Å²) in [4.78, 5) is 16.2. The van der Waals surface area contributed by atoms with Gasteiger partial charge in [0.25, 0.3) is 0 Å². The van der Waals surface area contributed by atoms with E-state index in [4.69, 9.17) is 10.00 Å². The monoisotopic (exact) mass is 323 g/mol. The van der Waals surface area contributed by atoms with E-state index in [-0.39, 0.29) is 0 Å². The third-order valence-corrected chi connectivity index (χ3v) is 3.25. The van der Waals surface area contributed by atoms with Crippen LogP contribution in [0.25, 0.3) is 0 Å². The average Bonchev–Trinajstić information content (AvgIpc) is 2.52. The predicted octanol–water partition coefficient (Wildman–Crippen LogP) is 4.09. The minimum absolute atomic E-state index is 0.503. The number of nitrogens with zero attached hydrogens (tertiary/aromatic N) is 2. The van der Waals surface area contributed by atoms with Gasteiger partial charge in [0.1, 0.15) is 11.4 Å². The molecule has 0 spiro atoms. The molecule has 0 aliphatic carbocycles. The fourth-order valence-corrected chi connectivity index (χ4v) is 2.23. The molecule has 0 saturated heterocycles. The molecule has 1 aromatic heterocycles. The van der Waals surface area contributed by atoms with E-state index in [1.807, 2.05) is 51.1 Å². The number of rotatable bonds is 4. The van der Waals surface area contributed by atoms with Crippen molar-refractivity contribution < 1.29 is 9.53 Å². The van der Waals surface area contributed by atoms with E-state index in [9.17, 15) is 4.79 Å². The second-order valence-electron chi connectivity index (χ2n) is 6.45. The summed E-state index contributed by atoms with van der Waals surface area (Å²) in [5, 5.41) is 11.7. The molecule has 5 heteroatoms. The first-order valence-corrected chi connectivity index (χ1v) is 7.80. The van der Waals surface area contributed by atoms with Gasteiger partial charge in [0.2, 0.25) is 0 Å². The van der Waals surface area contributed by atoms with Crippen LogP contribution in [0.4, 0.5) is 10.6 Å². The van der Waals surface area contributed by atoms with E-state index >= 15 is 0 Å². The lowest BCUT2D eigenvalue weighted by atomic mass is 10.0. The minimum atomic E-state index is -0.559. The standard InChI is InChI=1S/C19H21N3O2/c1-19(2,3)24-18(23)22-17-16(8-5-11-21-17)10-9-14-6-4-7-15(12-14)13-20/h4-8,11-12H,9-10H2,1-3H3,(H,21,22,23). The van der Waals surface area contributed by atoms with Crippen LogP contribution in [0.2, 0.25) is 0 Å². The molecule has 2 aromatic rings. The third-order valence-electron chi connectivity index (χ3n) is 3.25. The highest BCUT2D eigenvalue weighted by Gasteiger charge is 2.17. The molecule has 2 rings (SSSR count). The maximum atomic E-state index is 11.9. The molecule has 0 aliphatic heterocycles. The molecule has 24 heavy (non-hydrogen) atoms. The number of ether oxygens (including phenoxy) is 1. The third kappa shape index (κ3) is 5.40. The fraction of sp³-hybridized carbons (Fsp3) is 0.316. The summed E-state index contributed by atoms with van der Waals surface area (Å²) in [6, 6.07) is 13.4. The smallest absolute Gasteiger partial charge is 0.413 e. The van der Waals surface area contributed by atoms with Crippen molar-refractivity contribution in [1.82, 2.24) is 4.98 Å². The lowest BCUT2D eigenvalue weighted by molar-refractivity contribution is 0.0635. The summed E-state index contributed by atoms with van der Waals surface area (Å²) in [5.41, 5.74) is 2.08. The van der Waals surface area contributed by atoms with Crippen molar-refractivity contribution in [3.8, 4) is 6.07 Å². The minimum Gasteiger partial charge on any atom is -0.444 e. The van der Waals surface area contributed by atoms with Crippen LogP contribution in [0.3, 0.4) is 0 Å². The Morgan fingerprint density at radius 3 is 2.75 bits per heavy atom. The Kier molecular flexibility index (Phi) is 5.54. The molecule has 0 fully saturated rings. The van der Waals surface area contributed by atoms with Gasteiger partial charge in [0.15, 0.2) is 0 Å². The van der Waals surface area contributed by atoms with Crippen molar-refractivity contribution in [3.63, 3.8) is 0 Å². The van der Waals surface area contributed by atoms with E-state index in [1.165, 1.54) is 0 Å². The van der Waals surface area contributed by atoms with E-state index in [0.29, 0.717) is 17.8 Å². The first-order valence-electron chi connectivity index (χ1n) is 7.80. The zero-order valence-electron chi connectivity index (χ0n) is 14.2. The number of hydrogen-bond donors (Lipinski definition) is 1. The number of pyridine rings is 1. The highest BCUT2D eigenvalue weighted by molar-refractivity contribution is 5.84. The van der Waals surface area contributed by atoms with Gasteiger partial charge in [-0.3, -0.25) is 5.32 Å². The maximum absolute atomic E-state index is 11.9. The van der Waals surface area contributed by atoms with Crippen molar-refractivity contribution in [3.05, 3.63) is 59.3 Å². The number of benzene rings is 1. The van der Waals surface area contributed by atoms with Crippen LogP contribution in [0, 0.1) is 11.3 Å². The molecule has 5 nitrogen and oxygen atoms in total. The van der Waals surface area contributed by atoms with Crippen LogP contribution in [0.15, 0.2) is 42.6 Å². The lowest BCUT2D eigenvalue weighted by Crippen LogP contribution is -2.27.